The van der Waals surface area contributed by atoms with Crippen LogP contribution >= 0.6 is 0 Å². The van der Waals surface area contributed by atoms with Gasteiger partial charge in [0.1, 0.15) is 0 Å². The first kappa shape index (κ1) is 16.3. The van der Waals surface area contributed by atoms with E-state index in [9.17, 15) is 14.9 Å². The molecule has 0 aliphatic heterocycles. The van der Waals surface area contributed by atoms with Gasteiger partial charge in [-0.1, -0.05) is 12.1 Å². The smallest absolute Gasteiger partial charge is 0.270 e. The van der Waals surface area contributed by atoms with E-state index in [0.29, 0.717) is 18.5 Å². The number of Topliss-reactive ketones (excluding diaryl/α,β-unsaturated/α-hetero) is 1. The van der Waals surface area contributed by atoms with Crippen LogP contribution < -0.4 is 0 Å². The monoisotopic (exact) mass is 280 g/mol. The zero-order chi connectivity index (χ0) is 15.1. The fraction of sp³-hybridized carbons (Fsp3) is 0.500. The van der Waals surface area contributed by atoms with Crippen LogP contribution in [-0.2, 0) is 0 Å². The van der Waals surface area contributed by atoms with Gasteiger partial charge in [-0.05, 0) is 20.3 Å². The Morgan fingerprint density at radius 2 is 2.15 bits per heavy atom. The van der Waals surface area contributed by atoms with Crippen LogP contribution in [0.1, 0.15) is 30.6 Å². The van der Waals surface area contributed by atoms with Gasteiger partial charge in [-0.25, -0.2) is 0 Å². The van der Waals surface area contributed by atoms with Crippen molar-refractivity contribution in [1.29, 1.82) is 0 Å². The Labute approximate surface area is 118 Å². The molecule has 0 saturated carbocycles. The molecule has 0 fully saturated rings. The second kappa shape index (κ2) is 7.72. The lowest BCUT2D eigenvalue weighted by molar-refractivity contribution is -0.384. The average Bonchev–Trinajstić information content (AvgIpc) is 2.42. The summed E-state index contributed by atoms with van der Waals surface area (Å²) in [6.07, 6.45) is 0.598. The molecule has 110 valence electrons. The first-order valence-electron chi connectivity index (χ1n) is 6.58. The SMILES string of the molecule is CC(C)N(CCCO)CC(=O)c1cccc([N+](=O)[O-])c1. The molecule has 0 spiro atoms. The van der Waals surface area contributed by atoms with Crippen LogP contribution in [0, 0.1) is 10.1 Å². The van der Waals surface area contributed by atoms with Gasteiger partial charge < -0.3 is 5.11 Å². The van der Waals surface area contributed by atoms with Gasteiger partial charge in [0.05, 0.1) is 11.5 Å². The number of aliphatic hydroxyl groups excluding tert-OH is 1. The van der Waals surface area contributed by atoms with Crippen LogP contribution in [0.25, 0.3) is 0 Å². The first-order valence-corrected chi connectivity index (χ1v) is 6.58. The number of aliphatic hydroxyl groups is 1. The summed E-state index contributed by atoms with van der Waals surface area (Å²) in [5, 5.41) is 19.6. The van der Waals surface area contributed by atoms with Crippen LogP contribution in [0.15, 0.2) is 24.3 Å². The third-order valence-electron chi connectivity index (χ3n) is 3.06. The molecule has 0 aliphatic carbocycles. The lowest BCUT2D eigenvalue weighted by atomic mass is 10.1. The van der Waals surface area contributed by atoms with E-state index in [4.69, 9.17) is 5.11 Å². The minimum absolute atomic E-state index is 0.0776. The Morgan fingerprint density at radius 3 is 2.70 bits per heavy atom. The molecule has 1 aromatic rings. The lowest BCUT2D eigenvalue weighted by Gasteiger charge is -2.25. The number of ketones is 1. The molecule has 0 amide bonds. The Balaban J connectivity index is 2.78. The van der Waals surface area contributed by atoms with Crippen LogP contribution in [0.4, 0.5) is 5.69 Å². The zero-order valence-corrected chi connectivity index (χ0v) is 11.8. The summed E-state index contributed by atoms with van der Waals surface area (Å²) in [5.74, 6) is -0.152. The predicted molar refractivity (Wildman–Crippen MR) is 75.8 cm³/mol. The average molecular weight is 280 g/mol. The number of nitro benzene ring substituents is 1. The molecular formula is C14H20N2O4. The fourth-order valence-corrected chi connectivity index (χ4v) is 1.86. The lowest BCUT2D eigenvalue weighted by Crippen LogP contribution is -2.36. The van der Waals surface area contributed by atoms with Crippen molar-refractivity contribution in [2.24, 2.45) is 0 Å². The van der Waals surface area contributed by atoms with E-state index in [0.717, 1.165) is 0 Å². The van der Waals surface area contributed by atoms with Gasteiger partial charge in [-0.15, -0.1) is 0 Å². The zero-order valence-electron chi connectivity index (χ0n) is 11.8. The molecule has 0 radical (unpaired) electrons. The molecule has 0 saturated heterocycles. The fourth-order valence-electron chi connectivity index (χ4n) is 1.86. The number of hydrogen-bond donors (Lipinski definition) is 1. The number of nitro groups is 1. The Kier molecular flexibility index (Phi) is 6.27. The van der Waals surface area contributed by atoms with Crippen molar-refractivity contribution >= 4 is 11.5 Å². The molecule has 0 atom stereocenters. The van der Waals surface area contributed by atoms with Crippen LogP contribution in [0.2, 0.25) is 0 Å². The topological polar surface area (TPSA) is 83.7 Å². The Hall–Kier alpha value is -1.79. The molecular weight excluding hydrogens is 260 g/mol. The van der Waals surface area contributed by atoms with Crippen molar-refractivity contribution < 1.29 is 14.8 Å². The van der Waals surface area contributed by atoms with E-state index in [1.807, 2.05) is 18.7 Å². The van der Waals surface area contributed by atoms with Gasteiger partial charge in [0.2, 0.25) is 0 Å². The number of carbonyl (C=O) groups excluding carboxylic acids is 1. The number of nitrogens with zero attached hydrogens (tertiary/aromatic N) is 2. The quantitative estimate of drug-likeness (QED) is 0.446. The minimum Gasteiger partial charge on any atom is -0.396 e. The van der Waals surface area contributed by atoms with E-state index in [1.54, 1.807) is 6.07 Å². The van der Waals surface area contributed by atoms with E-state index < -0.39 is 4.92 Å². The van der Waals surface area contributed by atoms with E-state index >= 15 is 0 Å². The van der Waals surface area contributed by atoms with Gasteiger partial charge in [0.25, 0.3) is 5.69 Å². The van der Waals surface area contributed by atoms with Gasteiger partial charge in [-0.3, -0.25) is 19.8 Å². The van der Waals surface area contributed by atoms with Crippen molar-refractivity contribution in [1.82, 2.24) is 4.90 Å². The molecule has 0 heterocycles. The number of benzene rings is 1. The summed E-state index contributed by atoms with van der Waals surface area (Å²) in [5.41, 5.74) is 0.260. The van der Waals surface area contributed by atoms with E-state index in [1.165, 1.54) is 18.2 Å². The maximum atomic E-state index is 12.2. The Morgan fingerprint density at radius 1 is 1.45 bits per heavy atom. The standard InChI is InChI=1S/C14H20N2O4/c1-11(2)15(7-4-8-17)10-14(18)12-5-3-6-13(9-12)16(19)20/h3,5-6,9,11,17H,4,7-8,10H2,1-2H3. The maximum Gasteiger partial charge on any atom is 0.270 e. The van der Waals surface area contributed by atoms with Crippen molar-refractivity contribution in [3.05, 3.63) is 39.9 Å². The van der Waals surface area contributed by atoms with E-state index in [2.05, 4.69) is 0 Å². The molecule has 6 heteroatoms. The van der Waals surface area contributed by atoms with Crippen LogP contribution in [0.3, 0.4) is 0 Å². The summed E-state index contributed by atoms with van der Waals surface area (Å²) in [4.78, 5) is 24.3. The summed E-state index contributed by atoms with van der Waals surface area (Å²) < 4.78 is 0. The van der Waals surface area contributed by atoms with Crippen LogP contribution in [-0.4, -0.2) is 46.5 Å². The molecule has 0 aliphatic rings. The summed E-state index contributed by atoms with van der Waals surface area (Å²) in [6, 6.07) is 5.93. The van der Waals surface area contributed by atoms with Crippen molar-refractivity contribution in [3.8, 4) is 0 Å². The number of hydrogen-bond acceptors (Lipinski definition) is 5. The number of non-ortho nitro benzene ring substituents is 1. The summed E-state index contributed by atoms with van der Waals surface area (Å²) >= 11 is 0. The van der Waals surface area contributed by atoms with Gasteiger partial charge in [0.15, 0.2) is 5.78 Å². The molecule has 0 unspecified atom stereocenters. The molecule has 6 nitrogen and oxygen atoms in total. The minimum atomic E-state index is -0.511. The second-order valence-electron chi connectivity index (χ2n) is 4.87. The number of carbonyl (C=O) groups is 1. The number of rotatable bonds is 8. The first-order chi connectivity index (χ1) is 9.45. The van der Waals surface area contributed by atoms with Gasteiger partial charge in [0, 0.05) is 36.9 Å². The van der Waals surface area contributed by atoms with E-state index in [-0.39, 0.29) is 30.7 Å². The second-order valence-corrected chi connectivity index (χ2v) is 4.87. The Bertz CT molecular complexity index is 474. The normalized spacial score (nSPS) is 11.1. The third kappa shape index (κ3) is 4.71. The highest BCUT2D eigenvalue weighted by molar-refractivity contribution is 5.98. The van der Waals surface area contributed by atoms with Crippen molar-refractivity contribution in [3.63, 3.8) is 0 Å². The van der Waals surface area contributed by atoms with Crippen molar-refractivity contribution in [2.45, 2.75) is 26.3 Å². The van der Waals surface area contributed by atoms with Gasteiger partial charge in [-0.2, -0.15) is 0 Å². The largest absolute Gasteiger partial charge is 0.396 e. The maximum absolute atomic E-state index is 12.2. The highest BCUT2D eigenvalue weighted by Gasteiger charge is 2.17. The molecule has 1 N–H and O–H groups in total. The molecule has 1 aromatic carbocycles. The third-order valence-corrected chi connectivity index (χ3v) is 3.06. The highest BCUT2D eigenvalue weighted by Crippen LogP contribution is 2.14. The highest BCUT2D eigenvalue weighted by atomic mass is 16.6. The molecule has 1 rings (SSSR count). The molecule has 20 heavy (non-hydrogen) atoms. The molecule has 0 bridgehead atoms. The molecule has 0 aromatic heterocycles. The van der Waals surface area contributed by atoms with Gasteiger partial charge >= 0.3 is 0 Å². The van der Waals surface area contributed by atoms with Crippen molar-refractivity contribution in [2.75, 3.05) is 19.7 Å². The predicted octanol–water partition coefficient (Wildman–Crippen LogP) is 1.87. The van der Waals surface area contributed by atoms with Crippen LogP contribution in [0.5, 0.6) is 0 Å². The summed E-state index contributed by atoms with van der Waals surface area (Å²) in [7, 11) is 0. The summed E-state index contributed by atoms with van der Waals surface area (Å²) in [6.45, 7) is 4.83.